The minimum Gasteiger partial charge on any atom is -0.339 e. The zero-order valence-corrected chi connectivity index (χ0v) is 17.7. The zero-order chi connectivity index (χ0) is 20.9. The Morgan fingerprint density at radius 1 is 1.07 bits per heavy atom. The highest BCUT2D eigenvalue weighted by Crippen LogP contribution is 2.45. The number of hydrogen-bond donors (Lipinski definition) is 0. The van der Waals surface area contributed by atoms with E-state index in [4.69, 9.17) is 4.52 Å². The maximum absolute atomic E-state index is 13.2. The van der Waals surface area contributed by atoms with Gasteiger partial charge in [0, 0.05) is 37.7 Å². The minimum absolute atomic E-state index is 0.00686. The van der Waals surface area contributed by atoms with E-state index in [0.29, 0.717) is 43.5 Å². The summed E-state index contributed by atoms with van der Waals surface area (Å²) in [6, 6.07) is 11.3. The molecule has 7 nitrogen and oxygen atoms in total. The fourth-order valence-corrected chi connectivity index (χ4v) is 5.57. The van der Waals surface area contributed by atoms with Crippen LogP contribution in [0.25, 0.3) is 0 Å². The Kier molecular flexibility index (Phi) is 4.47. The van der Waals surface area contributed by atoms with Gasteiger partial charge in [-0.25, -0.2) is 0 Å². The molecule has 0 radical (unpaired) electrons. The number of rotatable bonds is 3. The van der Waals surface area contributed by atoms with Gasteiger partial charge in [-0.05, 0) is 43.0 Å². The van der Waals surface area contributed by atoms with E-state index >= 15 is 0 Å². The van der Waals surface area contributed by atoms with Gasteiger partial charge in [0.2, 0.25) is 5.89 Å². The molecule has 2 aliphatic heterocycles. The first-order valence-electron chi connectivity index (χ1n) is 9.96. The smallest absolute Gasteiger partial charge is 0.264 e. The number of fused-ring (bicyclic) bond motifs is 1. The molecule has 5 rings (SSSR count). The molecule has 2 fully saturated rings. The standard InChI is InChI=1S/C22H22N4O3S/c1-14-8-9-30-18(14)20(28)26-11-17-10-25(19(27)16-6-4-3-5-7-16)12-22(17,13-26)21-23-15(2)24-29-21/h3-9,17H,10-13H2,1-2H3/t17-,22-/m1/s1. The molecule has 0 aliphatic carbocycles. The van der Waals surface area contributed by atoms with Gasteiger partial charge in [0.05, 0.1) is 10.3 Å². The van der Waals surface area contributed by atoms with Gasteiger partial charge in [0.15, 0.2) is 5.82 Å². The Morgan fingerprint density at radius 3 is 2.37 bits per heavy atom. The van der Waals surface area contributed by atoms with E-state index in [0.717, 1.165) is 10.4 Å². The highest BCUT2D eigenvalue weighted by atomic mass is 32.1. The van der Waals surface area contributed by atoms with Gasteiger partial charge in [0.25, 0.3) is 11.8 Å². The molecular formula is C22H22N4O3S. The molecule has 30 heavy (non-hydrogen) atoms. The average molecular weight is 423 g/mol. The van der Waals surface area contributed by atoms with Crippen LogP contribution in [0.1, 0.15) is 37.3 Å². The van der Waals surface area contributed by atoms with Gasteiger partial charge in [-0.15, -0.1) is 11.3 Å². The second kappa shape index (κ2) is 7.05. The summed E-state index contributed by atoms with van der Waals surface area (Å²) in [5, 5.41) is 5.93. The summed E-state index contributed by atoms with van der Waals surface area (Å²) >= 11 is 1.47. The van der Waals surface area contributed by atoms with Gasteiger partial charge in [-0.1, -0.05) is 23.4 Å². The molecular weight excluding hydrogens is 400 g/mol. The highest BCUT2D eigenvalue weighted by Gasteiger charge is 2.58. The van der Waals surface area contributed by atoms with Crippen LogP contribution in [0, 0.1) is 19.8 Å². The van der Waals surface area contributed by atoms with Gasteiger partial charge in [-0.3, -0.25) is 9.59 Å². The quantitative estimate of drug-likeness (QED) is 0.648. The largest absolute Gasteiger partial charge is 0.339 e. The van der Waals surface area contributed by atoms with Crippen molar-refractivity contribution in [1.82, 2.24) is 19.9 Å². The highest BCUT2D eigenvalue weighted by molar-refractivity contribution is 7.12. The summed E-state index contributed by atoms with van der Waals surface area (Å²) in [7, 11) is 0. The van der Waals surface area contributed by atoms with E-state index in [9.17, 15) is 9.59 Å². The number of benzene rings is 1. The normalized spacial score (nSPS) is 23.1. The maximum atomic E-state index is 13.2. The molecule has 2 aromatic heterocycles. The average Bonchev–Trinajstić information content (AvgIpc) is 3.50. The van der Waals surface area contributed by atoms with Crippen LogP contribution in [0.2, 0.25) is 0 Å². The number of carbonyl (C=O) groups excluding carboxylic acids is 2. The van der Waals surface area contributed by atoms with Crippen LogP contribution in [0.3, 0.4) is 0 Å². The molecule has 2 saturated heterocycles. The van der Waals surface area contributed by atoms with E-state index in [-0.39, 0.29) is 17.7 Å². The van der Waals surface area contributed by atoms with Crippen LogP contribution in [-0.4, -0.2) is 57.9 Å². The number of amides is 2. The molecule has 4 heterocycles. The number of aromatic nitrogens is 2. The molecule has 154 valence electrons. The van der Waals surface area contributed by atoms with E-state index in [1.54, 1.807) is 6.92 Å². The first-order chi connectivity index (χ1) is 14.5. The third-order valence-corrected chi connectivity index (χ3v) is 7.22. The number of hydrogen-bond acceptors (Lipinski definition) is 6. The van der Waals surface area contributed by atoms with Crippen LogP contribution in [0.4, 0.5) is 0 Å². The molecule has 2 atom stereocenters. The van der Waals surface area contributed by atoms with Crippen LogP contribution in [0.5, 0.6) is 0 Å². The molecule has 0 saturated carbocycles. The lowest BCUT2D eigenvalue weighted by molar-refractivity contribution is 0.0729. The van der Waals surface area contributed by atoms with Crippen LogP contribution in [0.15, 0.2) is 46.3 Å². The molecule has 0 unspecified atom stereocenters. The third-order valence-electron chi connectivity index (χ3n) is 6.21. The number of aryl methyl sites for hydroxylation is 2. The summed E-state index contributed by atoms with van der Waals surface area (Å²) in [5.41, 5.74) is 1.12. The van der Waals surface area contributed by atoms with Crippen molar-refractivity contribution in [3.63, 3.8) is 0 Å². The molecule has 0 N–H and O–H groups in total. The van der Waals surface area contributed by atoms with E-state index in [1.165, 1.54) is 11.3 Å². The summed E-state index contributed by atoms with van der Waals surface area (Å²) in [5.74, 6) is 1.16. The Labute approximate surface area is 178 Å². The number of nitrogens with zero attached hydrogens (tertiary/aromatic N) is 4. The number of carbonyl (C=O) groups is 2. The molecule has 3 aromatic rings. The lowest BCUT2D eigenvalue weighted by Crippen LogP contribution is -2.41. The van der Waals surface area contributed by atoms with Gasteiger partial charge in [-0.2, -0.15) is 4.98 Å². The predicted octanol–water partition coefficient (Wildman–Crippen LogP) is 2.91. The van der Waals surface area contributed by atoms with E-state index < -0.39 is 5.41 Å². The fraction of sp³-hybridized carbons (Fsp3) is 0.364. The second-order valence-corrected chi connectivity index (χ2v) is 9.09. The van der Waals surface area contributed by atoms with Crippen molar-refractivity contribution in [1.29, 1.82) is 0 Å². The van der Waals surface area contributed by atoms with Crippen molar-refractivity contribution in [2.75, 3.05) is 26.2 Å². The molecule has 2 amide bonds. The first kappa shape index (κ1) is 19.0. The molecule has 0 spiro atoms. The SMILES string of the molecule is Cc1noc([C@@]23CN(C(=O)c4ccccc4)C[C@@H]2CN(C(=O)c2sccc2C)C3)n1. The van der Waals surface area contributed by atoms with E-state index in [2.05, 4.69) is 10.1 Å². The predicted molar refractivity (Wildman–Crippen MR) is 112 cm³/mol. The van der Waals surface area contributed by atoms with Crippen molar-refractivity contribution >= 4 is 23.2 Å². The van der Waals surface area contributed by atoms with Crippen molar-refractivity contribution in [3.8, 4) is 0 Å². The lowest BCUT2D eigenvalue weighted by atomic mass is 9.81. The monoisotopic (exact) mass is 422 g/mol. The Balaban J connectivity index is 1.46. The summed E-state index contributed by atoms with van der Waals surface area (Å²) in [6.07, 6.45) is 0. The van der Waals surface area contributed by atoms with Gasteiger partial charge < -0.3 is 14.3 Å². The Morgan fingerprint density at radius 2 is 1.77 bits per heavy atom. The number of thiophene rings is 1. The topological polar surface area (TPSA) is 79.5 Å². The van der Waals surface area contributed by atoms with Crippen molar-refractivity contribution < 1.29 is 14.1 Å². The minimum atomic E-state index is -0.535. The van der Waals surface area contributed by atoms with E-state index in [1.807, 2.05) is 58.5 Å². The first-order valence-corrected chi connectivity index (χ1v) is 10.8. The molecule has 1 aromatic carbocycles. The number of likely N-dealkylation sites (tertiary alicyclic amines) is 2. The van der Waals surface area contributed by atoms with Crippen LogP contribution >= 0.6 is 11.3 Å². The molecule has 0 bridgehead atoms. The fourth-order valence-electron chi connectivity index (χ4n) is 4.68. The van der Waals surface area contributed by atoms with Crippen molar-refractivity contribution in [2.24, 2.45) is 5.92 Å². The second-order valence-electron chi connectivity index (χ2n) is 8.17. The summed E-state index contributed by atoms with van der Waals surface area (Å²) < 4.78 is 5.59. The van der Waals surface area contributed by atoms with Gasteiger partial charge >= 0.3 is 0 Å². The Hall–Kier alpha value is -3.00. The maximum Gasteiger partial charge on any atom is 0.264 e. The van der Waals surface area contributed by atoms with Crippen LogP contribution in [-0.2, 0) is 5.41 Å². The van der Waals surface area contributed by atoms with Crippen molar-refractivity contribution in [3.05, 3.63) is 69.5 Å². The summed E-state index contributed by atoms with van der Waals surface area (Å²) in [6.45, 7) is 5.79. The van der Waals surface area contributed by atoms with Crippen LogP contribution < -0.4 is 0 Å². The summed E-state index contributed by atoms with van der Waals surface area (Å²) in [4.78, 5) is 35.3. The van der Waals surface area contributed by atoms with Crippen molar-refractivity contribution in [2.45, 2.75) is 19.3 Å². The van der Waals surface area contributed by atoms with Gasteiger partial charge in [0.1, 0.15) is 0 Å². The molecule has 2 aliphatic rings. The lowest BCUT2D eigenvalue weighted by Gasteiger charge is -2.26. The molecule has 8 heteroatoms. The Bertz CT molecular complexity index is 1110. The zero-order valence-electron chi connectivity index (χ0n) is 16.9. The third kappa shape index (κ3) is 2.94.